The van der Waals surface area contributed by atoms with E-state index in [0.29, 0.717) is 48.6 Å². The fourth-order valence-electron chi connectivity index (χ4n) is 4.23. The van der Waals surface area contributed by atoms with Crippen LogP contribution in [0.15, 0.2) is 48.8 Å². The highest BCUT2D eigenvalue weighted by Gasteiger charge is 2.42. The lowest BCUT2D eigenvalue weighted by Crippen LogP contribution is -2.43. The number of rotatable bonds is 1. The van der Waals surface area contributed by atoms with Crippen molar-refractivity contribution in [2.45, 2.75) is 31.3 Å². The number of nitrogens with zero attached hydrogens (tertiary/aromatic N) is 4. The summed E-state index contributed by atoms with van der Waals surface area (Å²) in [4.78, 5) is 31.8. The number of Topliss-reactive ketones (excluding diaryl/α,β-unsaturated/α-hetero) is 1. The van der Waals surface area contributed by atoms with Crippen molar-refractivity contribution in [2.24, 2.45) is 0 Å². The van der Waals surface area contributed by atoms with Gasteiger partial charge in [0.25, 0.3) is 5.91 Å². The molecule has 1 atom stereocenters. The number of amides is 1. The smallest absolute Gasteiger partial charge is 0.274 e. The highest BCUT2D eigenvalue weighted by atomic mass is 16.5. The van der Waals surface area contributed by atoms with Crippen molar-refractivity contribution >= 4 is 17.3 Å². The quantitative estimate of drug-likeness (QED) is 0.653. The number of likely N-dealkylation sites (tertiary alicyclic amines) is 1. The summed E-state index contributed by atoms with van der Waals surface area (Å²) in [6.07, 6.45) is 5.74. The first kappa shape index (κ1) is 16.9. The molecule has 0 bridgehead atoms. The molecular weight excluding hydrogens is 356 g/mol. The molecule has 0 saturated carbocycles. The van der Waals surface area contributed by atoms with Gasteiger partial charge in [0.15, 0.2) is 17.1 Å². The maximum atomic E-state index is 13.1. The number of para-hydroxylation sites is 1. The molecule has 1 saturated heterocycles. The summed E-state index contributed by atoms with van der Waals surface area (Å²) in [6.45, 7) is 1.16. The normalized spacial score (nSPS) is 22.0. The Bertz CT molecular complexity index is 1080. The molecule has 2 aliphatic heterocycles. The summed E-state index contributed by atoms with van der Waals surface area (Å²) in [6, 6.07) is 11.0. The van der Waals surface area contributed by atoms with Crippen molar-refractivity contribution in [3.63, 3.8) is 0 Å². The lowest BCUT2D eigenvalue weighted by atomic mass is 9.84. The third-order valence-corrected chi connectivity index (χ3v) is 5.68. The molecule has 1 aromatic carbocycles. The van der Waals surface area contributed by atoms with Crippen LogP contribution >= 0.6 is 0 Å². The Hall–Kier alpha value is -3.22. The van der Waals surface area contributed by atoms with Crippen molar-refractivity contribution in [1.29, 1.82) is 0 Å². The van der Waals surface area contributed by atoms with E-state index in [0.717, 1.165) is 12.8 Å². The highest BCUT2D eigenvalue weighted by molar-refractivity contribution is 6.00. The van der Waals surface area contributed by atoms with E-state index in [1.54, 1.807) is 23.0 Å². The molecule has 1 spiro atoms. The zero-order valence-electron chi connectivity index (χ0n) is 15.4. The monoisotopic (exact) mass is 376 g/mol. The Labute approximate surface area is 161 Å². The second-order valence-electron chi connectivity index (χ2n) is 7.46. The van der Waals surface area contributed by atoms with Crippen molar-refractivity contribution in [3.8, 4) is 5.75 Å². The molecule has 7 nitrogen and oxygen atoms in total. The Morgan fingerprint density at radius 1 is 1.11 bits per heavy atom. The van der Waals surface area contributed by atoms with E-state index in [-0.39, 0.29) is 11.7 Å². The number of ketones is 1. The number of benzene rings is 1. The van der Waals surface area contributed by atoms with Crippen molar-refractivity contribution < 1.29 is 14.3 Å². The van der Waals surface area contributed by atoms with Gasteiger partial charge in [-0.15, -0.1) is 0 Å². The molecule has 3 aromatic rings. The highest BCUT2D eigenvalue weighted by Crippen LogP contribution is 2.39. The summed E-state index contributed by atoms with van der Waals surface area (Å²) >= 11 is 0. The molecular formula is C21H20N4O3. The van der Waals surface area contributed by atoms with Crippen molar-refractivity contribution in [2.75, 3.05) is 13.1 Å². The van der Waals surface area contributed by atoms with Gasteiger partial charge in [-0.2, -0.15) is 5.10 Å². The maximum absolute atomic E-state index is 13.1. The van der Waals surface area contributed by atoms with E-state index < -0.39 is 5.60 Å². The summed E-state index contributed by atoms with van der Waals surface area (Å²) in [5, 5.41) is 4.24. The first-order valence-corrected chi connectivity index (χ1v) is 9.55. The largest absolute Gasteiger partial charge is 0.486 e. The summed E-state index contributed by atoms with van der Waals surface area (Å²) in [5.41, 5.74) is 1.23. The number of hydrogen-bond donors (Lipinski definition) is 0. The first-order valence-electron chi connectivity index (χ1n) is 9.55. The molecule has 28 heavy (non-hydrogen) atoms. The Kier molecular flexibility index (Phi) is 3.89. The van der Waals surface area contributed by atoms with E-state index in [4.69, 9.17) is 4.74 Å². The van der Waals surface area contributed by atoms with E-state index in [9.17, 15) is 9.59 Å². The van der Waals surface area contributed by atoms with Crippen LogP contribution in [0, 0.1) is 0 Å². The van der Waals surface area contributed by atoms with Crippen LogP contribution in [0.3, 0.4) is 0 Å². The van der Waals surface area contributed by atoms with Gasteiger partial charge in [-0.1, -0.05) is 12.1 Å². The number of carbonyl (C=O) groups excluding carboxylic acids is 2. The summed E-state index contributed by atoms with van der Waals surface area (Å²) in [5.74, 6) is 0.683. The summed E-state index contributed by atoms with van der Waals surface area (Å²) < 4.78 is 7.88. The van der Waals surface area contributed by atoms with Crippen LogP contribution in [0.4, 0.5) is 0 Å². The predicted octanol–water partition coefficient (Wildman–Crippen LogP) is 2.76. The fourth-order valence-corrected chi connectivity index (χ4v) is 4.23. The van der Waals surface area contributed by atoms with Gasteiger partial charge in [-0.3, -0.25) is 9.59 Å². The average Bonchev–Trinajstić information content (AvgIpc) is 3.04. The van der Waals surface area contributed by atoms with Gasteiger partial charge in [-0.25, -0.2) is 9.50 Å². The number of ether oxygens (including phenoxy) is 1. The maximum Gasteiger partial charge on any atom is 0.274 e. The molecule has 5 rings (SSSR count). The molecule has 0 aliphatic carbocycles. The van der Waals surface area contributed by atoms with Crippen LogP contribution in [0.1, 0.15) is 46.5 Å². The Morgan fingerprint density at radius 2 is 2.00 bits per heavy atom. The lowest BCUT2D eigenvalue weighted by molar-refractivity contribution is 0.0300. The van der Waals surface area contributed by atoms with Crippen LogP contribution in [0.25, 0.3) is 5.65 Å². The zero-order chi connectivity index (χ0) is 19.1. The molecule has 1 fully saturated rings. The van der Waals surface area contributed by atoms with Crippen molar-refractivity contribution in [3.05, 3.63) is 60.0 Å². The molecule has 1 unspecified atom stereocenters. The topological polar surface area (TPSA) is 76.8 Å². The van der Waals surface area contributed by atoms with Crippen LogP contribution in [-0.2, 0) is 0 Å². The van der Waals surface area contributed by atoms with E-state index in [2.05, 4.69) is 10.1 Å². The Balaban J connectivity index is 1.38. The van der Waals surface area contributed by atoms with Crippen LogP contribution in [0.2, 0.25) is 0 Å². The third kappa shape index (κ3) is 2.74. The number of hydrogen-bond acceptors (Lipinski definition) is 5. The van der Waals surface area contributed by atoms with Crippen LogP contribution in [0.5, 0.6) is 5.75 Å². The van der Waals surface area contributed by atoms with E-state index in [1.165, 1.54) is 0 Å². The van der Waals surface area contributed by atoms with Crippen LogP contribution in [-0.4, -0.2) is 49.9 Å². The van der Waals surface area contributed by atoms with Gasteiger partial charge < -0.3 is 9.64 Å². The average molecular weight is 376 g/mol. The van der Waals surface area contributed by atoms with Gasteiger partial charge in [0, 0.05) is 25.7 Å². The number of carbonyl (C=O) groups is 2. The van der Waals surface area contributed by atoms with Gasteiger partial charge in [0.05, 0.1) is 18.2 Å². The predicted molar refractivity (Wildman–Crippen MR) is 101 cm³/mol. The number of fused-ring (bicyclic) bond motifs is 2. The minimum absolute atomic E-state index is 0.0919. The molecule has 0 radical (unpaired) electrons. The number of imidazole rings is 1. The van der Waals surface area contributed by atoms with Crippen LogP contribution < -0.4 is 4.74 Å². The van der Waals surface area contributed by atoms with E-state index >= 15 is 0 Å². The third-order valence-electron chi connectivity index (χ3n) is 5.68. The molecule has 7 heteroatoms. The Morgan fingerprint density at radius 3 is 2.93 bits per heavy atom. The molecule has 1 amide bonds. The molecule has 4 heterocycles. The van der Waals surface area contributed by atoms with E-state index in [1.807, 2.05) is 35.2 Å². The van der Waals surface area contributed by atoms with Gasteiger partial charge >= 0.3 is 0 Å². The molecule has 142 valence electrons. The minimum atomic E-state index is -0.530. The molecule has 2 aromatic heterocycles. The van der Waals surface area contributed by atoms with Crippen molar-refractivity contribution in [1.82, 2.24) is 19.5 Å². The molecule has 0 N–H and O–H groups in total. The summed E-state index contributed by atoms with van der Waals surface area (Å²) in [7, 11) is 0. The lowest BCUT2D eigenvalue weighted by Gasteiger charge is -2.37. The minimum Gasteiger partial charge on any atom is -0.486 e. The SMILES string of the molecule is O=C1CC2(CCCN(C(=O)c3cnc4cccnn34)CC2)Oc2ccccc21. The van der Waals surface area contributed by atoms with Gasteiger partial charge in [-0.05, 0) is 37.1 Å². The first-order chi connectivity index (χ1) is 13.7. The second-order valence-corrected chi connectivity index (χ2v) is 7.46. The zero-order valence-corrected chi connectivity index (χ0v) is 15.4. The van der Waals surface area contributed by atoms with Gasteiger partial charge in [0.1, 0.15) is 11.4 Å². The number of aromatic nitrogens is 3. The standard InChI is InChI=1S/C21H20N4O3/c26-17-13-21(28-18-6-2-1-5-15(17)18)8-4-11-24(12-9-21)20(27)16-14-22-19-7-3-10-23-25(16)19/h1-3,5-7,10,14H,4,8-9,11-13H2. The molecule has 2 aliphatic rings. The van der Waals surface area contributed by atoms with Gasteiger partial charge in [0.2, 0.25) is 0 Å². The fraction of sp³-hybridized carbons (Fsp3) is 0.333. The second kappa shape index (κ2) is 6.44.